The fourth-order valence-electron chi connectivity index (χ4n) is 6.71. The Morgan fingerprint density at radius 2 is 1.47 bits per heavy atom. The zero-order valence-corrected chi connectivity index (χ0v) is 18.8. The Morgan fingerprint density at radius 1 is 0.900 bits per heavy atom. The highest BCUT2D eigenvalue weighted by molar-refractivity contribution is 14.1. The van der Waals surface area contributed by atoms with Crippen LogP contribution in [-0.2, 0) is 14.4 Å². The van der Waals surface area contributed by atoms with Crippen molar-refractivity contribution in [3.8, 4) is 0 Å². The molecule has 1 aromatic rings. The number of hydrogen-bond donors (Lipinski definition) is 1. The molecule has 1 N–H and O–H groups in total. The molecular formula is C24H25IN2O3. The molecule has 7 rings (SSSR count). The number of nitrogens with zero attached hydrogens (tertiary/aromatic N) is 1. The van der Waals surface area contributed by atoms with Crippen LogP contribution in [0.2, 0.25) is 0 Å². The van der Waals surface area contributed by atoms with E-state index in [1.54, 1.807) is 4.90 Å². The van der Waals surface area contributed by atoms with Crippen molar-refractivity contribution >= 4 is 46.0 Å². The van der Waals surface area contributed by atoms with E-state index in [0.29, 0.717) is 11.8 Å². The largest absolute Gasteiger partial charge is 0.326 e. The van der Waals surface area contributed by atoms with Crippen LogP contribution < -0.4 is 5.32 Å². The van der Waals surface area contributed by atoms with Crippen LogP contribution in [0.3, 0.4) is 0 Å². The van der Waals surface area contributed by atoms with Gasteiger partial charge in [-0.05, 0) is 103 Å². The van der Waals surface area contributed by atoms with Gasteiger partial charge < -0.3 is 5.32 Å². The van der Waals surface area contributed by atoms with Gasteiger partial charge in [0, 0.05) is 21.2 Å². The number of likely N-dealkylation sites (tertiary alicyclic amines) is 1. The first-order chi connectivity index (χ1) is 14.5. The Morgan fingerprint density at radius 3 is 2.03 bits per heavy atom. The average molecular weight is 516 g/mol. The number of hydrogen-bond acceptors (Lipinski definition) is 3. The fraction of sp³-hybridized carbons (Fsp3) is 0.542. The lowest BCUT2D eigenvalue weighted by Gasteiger charge is -2.37. The molecule has 30 heavy (non-hydrogen) atoms. The molecule has 0 unspecified atom stereocenters. The second-order valence-electron chi connectivity index (χ2n) is 9.70. The molecule has 2 bridgehead atoms. The van der Waals surface area contributed by atoms with Gasteiger partial charge in [0.1, 0.15) is 0 Å². The summed E-state index contributed by atoms with van der Waals surface area (Å²) in [4.78, 5) is 40.9. The second kappa shape index (κ2) is 6.90. The summed E-state index contributed by atoms with van der Waals surface area (Å²) >= 11 is 2.24. The summed E-state index contributed by atoms with van der Waals surface area (Å²) in [6.45, 7) is 0. The maximum atomic E-state index is 13.3. The normalized spacial score (nSPS) is 40.9. The van der Waals surface area contributed by atoms with Crippen LogP contribution in [0.1, 0.15) is 32.1 Å². The predicted octanol–water partition coefficient (Wildman–Crippen LogP) is 3.84. The van der Waals surface area contributed by atoms with E-state index in [2.05, 4.69) is 40.1 Å². The summed E-state index contributed by atoms with van der Waals surface area (Å²) in [6, 6.07) is 7.75. The molecule has 1 saturated heterocycles. The van der Waals surface area contributed by atoms with Crippen molar-refractivity contribution in [2.45, 2.75) is 38.1 Å². The maximum Gasteiger partial charge on any atom is 0.233 e. The number of amides is 3. The third kappa shape index (κ3) is 2.82. The molecule has 1 aliphatic heterocycles. The summed E-state index contributed by atoms with van der Waals surface area (Å²) < 4.78 is 1.13. The first kappa shape index (κ1) is 19.0. The molecule has 6 atom stereocenters. The van der Waals surface area contributed by atoms with Crippen molar-refractivity contribution in [1.82, 2.24) is 4.90 Å². The zero-order valence-electron chi connectivity index (χ0n) is 16.7. The molecule has 5 nitrogen and oxygen atoms in total. The molecular weight excluding hydrogens is 491 g/mol. The van der Waals surface area contributed by atoms with Crippen molar-refractivity contribution in [3.05, 3.63) is 40.0 Å². The summed E-state index contributed by atoms with van der Waals surface area (Å²) in [5, 5.41) is 3.01. The lowest BCUT2D eigenvalue weighted by Crippen LogP contribution is -2.44. The van der Waals surface area contributed by atoms with Gasteiger partial charge in [0.2, 0.25) is 17.7 Å². The van der Waals surface area contributed by atoms with Crippen LogP contribution in [0.25, 0.3) is 0 Å². The molecule has 156 valence electrons. The molecule has 1 heterocycles. The third-order valence-corrected chi connectivity index (χ3v) is 8.96. The lowest BCUT2D eigenvalue weighted by atomic mass is 9.63. The van der Waals surface area contributed by atoms with E-state index in [-0.39, 0.29) is 53.4 Å². The first-order valence-corrected chi connectivity index (χ1v) is 12.2. The molecule has 6 heteroatoms. The van der Waals surface area contributed by atoms with Gasteiger partial charge in [0.15, 0.2) is 0 Å². The Labute approximate surface area is 189 Å². The van der Waals surface area contributed by atoms with Gasteiger partial charge in [-0.25, -0.2) is 0 Å². The minimum absolute atomic E-state index is 0.0336. The number of rotatable bonds is 3. The molecule has 0 aromatic heterocycles. The highest BCUT2D eigenvalue weighted by atomic mass is 127. The van der Waals surface area contributed by atoms with Gasteiger partial charge >= 0.3 is 0 Å². The molecule has 6 aliphatic rings. The van der Waals surface area contributed by atoms with Crippen LogP contribution in [0.15, 0.2) is 36.4 Å². The number of imide groups is 1. The van der Waals surface area contributed by atoms with E-state index in [0.717, 1.165) is 34.9 Å². The lowest BCUT2D eigenvalue weighted by molar-refractivity contribution is -0.144. The molecule has 0 spiro atoms. The number of anilines is 1. The van der Waals surface area contributed by atoms with E-state index < -0.39 is 0 Å². The Bertz CT molecular complexity index is 914. The molecule has 5 aliphatic carbocycles. The third-order valence-electron chi connectivity index (χ3n) is 8.24. The molecule has 4 fully saturated rings. The number of nitrogens with one attached hydrogen (secondary N) is 1. The topological polar surface area (TPSA) is 66.5 Å². The number of benzene rings is 1. The van der Waals surface area contributed by atoms with Gasteiger partial charge in [-0.1, -0.05) is 12.2 Å². The summed E-state index contributed by atoms with van der Waals surface area (Å²) in [5.74, 6) is 1.74. The van der Waals surface area contributed by atoms with Crippen LogP contribution >= 0.6 is 22.6 Å². The maximum absolute atomic E-state index is 13.3. The molecule has 3 amide bonds. The Kier molecular flexibility index (Phi) is 4.38. The number of carbonyl (C=O) groups is 3. The van der Waals surface area contributed by atoms with E-state index in [1.807, 2.05) is 24.3 Å². The van der Waals surface area contributed by atoms with E-state index >= 15 is 0 Å². The summed E-state index contributed by atoms with van der Waals surface area (Å²) in [5.41, 5.74) is 0.818. The second-order valence-corrected chi connectivity index (χ2v) is 10.9. The van der Waals surface area contributed by atoms with Gasteiger partial charge in [-0.2, -0.15) is 0 Å². The number of halogens is 1. The van der Waals surface area contributed by atoms with E-state index in [9.17, 15) is 14.4 Å². The minimum atomic E-state index is -0.113. The SMILES string of the molecule is O=C(Nc1ccc(I)cc1)C1CCC(N2C(=O)[C@@H]3[C@@H]4C=C[C@H]([C@@H]5C[C@H]45)[C@@H]3C2=O)CC1. The molecule has 3 saturated carbocycles. The van der Waals surface area contributed by atoms with Crippen molar-refractivity contribution in [1.29, 1.82) is 0 Å². The predicted molar refractivity (Wildman–Crippen MR) is 120 cm³/mol. The van der Waals surface area contributed by atoms with Crippen molar-refractivity contribution in [2.75, 3.05) is 5.32 Å². The average Bonchev–Trinajstić information content (AvgIpc) is 3.53. The van der Waals surface area contributed by atoms with Crippen LogP contribution in [0.4, 0.5) is 5.69 Å². The highest BCUT2D eigenvalue weighted by Gasteiger charge is 2.67. The number of carbonyl (C=O) groups excluding carboxylic acids is 3. The summed E-state index contributed by atoms with van der Waals surface area (Å²) in [6.07, 6.45) is 8.56. The highest BCUT2D eigenvalue weighted by Crippen LogP contribution is 2.65. The molecule has 1 aromatic carbocycles. The smallest absolute Gasteiger partial charge is 0.233 e. The fourth-order valence-corrected chi connectivity index (χ4v) is 7.07. The van der Waals surface area contributed by atoms with Crippen LogP contribution in [-0.4, -0.2) is 28.7 Å². The van der Waals surface area contributed by atoms with Gasteiger partial charge in [-0.3, -0.25) is 19.3 Å². The zero-order chi connectivity index (χ0) is 20.6. The Hall–Kier alpha value is -1.70. The quantitative estimate of drug-likeness (QED) is 0.377. The van der Waals surface area contributed by atoms with E-state index in [4.69, 9.17) is 0 Å². The summed E-state index contributed by atoms with van der Waals surface area (Å²) in [7, 11) is 0. The van der Waals surface area contributed by atoms with Crippen LogP contribution in [0.5, 0.6) is 0 Å². The van der Waals surface area contributed by atoms with Crippen molar-refractivity contribution in [3.63, 3.8) is 0 Å². The Balaban J connectivity index is 1.11. The van der Waals surface area contributed by atoms with Gasteiger partial charge in [-0.15, -0.1) is 0 Å². The van der Waals surface area contributed by atoms with E-state index in [1.165, 1.54) is 6.42 Å². The first-order valence-electron chi connectivity index (χ1n) is 11.1. The monoisotopic (exact) mass is 516 g/mol. The standard InChI is InChI=1S/C24H25IN2O3/c25-13-3-5-14(6-4-13)26-22(28)12-1-7-15(8-2-12)27-23(29)20-16-9-10-17(19-11-18(16)19)21(20)24(27)30/h3-6,9-10,12,15-21H,1-2,7-8,11H2,(H,26,28)/t12?,15?,16-,17-,18-,19+,20-,21+/m1/s1. The van der Waals surface area contributed by atoms with Crippen molar-refractivity contribution < 1.29 is 14.4 Å². The van der Waals surface area contributed by atoms with Crippen molar-refractivity contribution in [2.24, 2.45) is 41.4 Å². The number of allylic oxidation sites excluding steroid dienone is 2. The van der Waals surface area contributed by atoms with Gasteiger partial charge in [0.05, 0.1) is 11.8 Å². The minimum Gasteiger partial charge on any atom is -0.326 e. The molecule has 0 radical (unpaired) electrons. The van der Waals surface area contributed by atoms with Crippen LogP contribution in [0, 0.1) is 45.0 Å². The van der Waals surface area contributed by atoms with Gasteiger partial charge in [0.25, 0.3) is 0 Å².